The van der Waals surface area contributed by atoms with Gasteiger partial charge in [-0.1, -0.05) is 13.5 Å². The van der Waals surface area contributed by atoms with E-state index in [2.05, 4.69) is 55.6 Å². The smallest absolute Gasteiger partial charge is 0.245 e. The highest BCUT2D eigenvalue weighted by atomic mass is 32.1. The summed E-state index contributed by atoms with van der Waals surface area (Å²) >= 11 is 1.50. The number of amides is 1. The van der Waals surface area contributed by atoms with E-state index in [0.717, 1.165) is 49.3 Å². The SMILES string of the molecule is C=CC(=O)N1CCC(OC2=NC(/C(O)=C/C(NC)C3(C)CCCc4sc(N)c(C#N)c43)=NC(C)(N3CCN(C)C[C@@H]3C)C2)CC1. The van der Waals surface area contributed by atoms with Gasteiger partial charge in [-0.2, -0.15) is 10.3 Å². The fourth-order valence-corrected chi connectivity index (χ4v) is 8.91. The van der Waals surface area contributed by atoms with Crippen LogP contribution in [-0.2, 0) is 21.4 Å². The lowest BCUT2D eigenvalue weighted by Crippen LogP contribution is -2.60. The highest BCUT2D eigenvalue weighted by Crippen LogP contribution is 2.47. The Labute approximate surface area is 271 Å². The first-order chi connectivity index (χ1) is 21.4. The van der Waals surface area contributed by atoms with E-state index in [9.17, 15) is 15.2 Å². The number of carbonyl (C=O) groups excluding carboxylic acids is 1. The van der Waals surface area contributed by atoms with Gasteiger partial charge in [0.25, 0.3) is 0 Å². The Bertz CT molecular complexity index is 1440. The van der Waals surface area contributed by atoms with Gasteiger partial charge < -0.3 is 30.7 Å². The number of piperazine rings is 1. The van der Waals surface area contributed by atoms with Gasteiger partial charge >= 0.3 is 0 Å². The van der Waals surface area contributed by atoms with E-state index >= 15 is 0 Å². The topological polar surface area (TPSA) is 143 Å². The van der Waals surface area contributed by atoms with Gasteiger partial charge in [0, 0.05) is 67.9 Å². The summed E-state index contributed by atoms with van der Waals surface area (Å²) < 4.78 is 6.53. The molecule has 4 heterocycles. The standard InChI is InChI=1S/C33H48N8O3S/c1-7-28(43)40-13-10-22(11-14-40)44-27-18-33(4,41-16-15-39(6)20-21(41)2)38-31(37-27)24(42)17-26(36-5)32(3)12-8-9-25-29(32)23(19-34)30(35)45-25/h7,17,21-22,26,36,42H,1,8-16,18,20,35H2,2-6H3/b24-17-/t21-,26?,32?,33?/m0/s1. The quantitative estimate of drug-likeness (QED) is 0.305. The number of aryl methyl sites for hydroxylation is 1. The van der Waals surface area contributed by atoms with Crippen LogP contribution in [-0.4, -0.2) is 108 Å². The van der Waals surface area contributed by atoms with Crippen LogP contribution in [0.1, 0.15) is 68.9 Å². The third-order valence-corrected chi connectivity index (χ3v) is 11.2. The molecule has 11 nitrogen and oxygen atoms in total. The molecule has 0 radical (unpaired) electrons. The number of piperidine rings is 1. The number of anilines is 1. The minimum Gasteiger partial charge on any atom is -0.504 e. The molecule has 1 aromatic heterocycles. The monoisotopic (exact) mass is 636 g/mol. The summed E-state index contributed by atoms with van der Waals surface area (Å²) in [5.74, 6) is 0.708. The van der Waals surface area contributed by atoms with Gasteiger partial charge in [-0.15, -0.1) is 11.3 Å². The highest BCUT2D eigenvalue weighted by Gasteiger charge is 2.44. The molecule has 2 saturated heterocycles. The van der Waals surface area contributed by atoms with Crippen molar-refractivity contribution in [3.8, 4) is 6.07 Å². The number of aliphatic hydroxyl groups excluding tert-OH is 1. The second-order valence-corrected chi connectivity index (χ2v) is 14.5. The zero-order chi connectivity index (χ0) is 32.5. The Morgan fingerprint density at radius 2 is 2.04 bits per heavy atom. The molecule has 4 aliphatic rings. The number of nitrogen functional groups attached to an aromatic ring is 1. The molecule has 4 atom stereocenters. The lowest BCUT2D eigenvalue weighted by atomic mass is 9.67. The van der Waals surface area contributed by atoms with Crippen LogP contribution >= 0.6 is 11.3 Å². The van der Waals surface area contributed by atoms with Crippen molar-refractivity contribution in [1.82, 2.24) is 20.0 Å². The third kappa shape index (κ3) is 6.54. The molecule has 1 aromatic rings. The van der Waals surface area contributed by atoms with Crippen LogP contribution in [0.2, 0.25) is 0 Å². The number of amidine groups is 1. The van der Waals surface area contributed by atoms with E-state index in [1.54, 1.807) is 11.0 Å². The van der Waals surface area contributed by atoms with E-state index in [0.29, 0.717) is 48.8 Å². The summed E-state index contributed by atoms with van der Waals surface area (Å²) in [5, 5.41) is 25.7. The Hall–Kier alpha value is -3.24. The molecule has 0 saturated carbocycles. The van der Waals surface area contributed by atoms with Crippen LogP contribution in [0.3, 0.4) is 0 Å². The molecule has 5 rings (SSSR count). The van der Waals surface area contributed by atoms with E-state index in [1.807, 2.05) is 7.05 Å². The summed E-state index contributed by atoms with van der Waals surface area (Å²) in [6.07, 6.45) is 7.65. The molecule has 0 spiro atoms. The lowest BCUT2D eigenvalue weighted by Gasteiger charge is -2.48. The van der Waals surface area contributed by atoms with Crippen molar-refractivity contribution in [2.45, 2.75) is 88.6 Å². The van der Waals surface area contributed by atoms with Crippen molar-refractivity contribution < 1.29 is 14.6 Å². The number of nitrogens with one attached hydrogen (secondary N) is 1. The van der Waals surface area contributed by atoms with Gasteiger partial charge in [0.15, 0.2) is 17.5 Å². The number of nitrogens with two attached hydrogens (primary N) is 1. The van der Waals surface area contributed by atoms with Gasteiger partial charge in [-0.25, -0.2) is 4.99 Å². The van der Waals surface area contributed by atoms with Crippen LogP contribution in [0, 0.1) is 11.3 Å². The first-order valence-corrected chi connectivity index (χ1v) is 16.8. The normalized spacial score (nSPS) is 29.3. The average molecular weight is 637 g/mol. The fraction of sp³-hybridized carbons (Fsp3) is 0.636. The number of hydrogen-bond acceptors (Lipinski definition) is 11. The van der Waals surface area contributed by atoms with Gasteiger partial charge in [-0.3, -0.25) is 9.69 Å². The van der Waals surface area contributed by atoms with E-state index in [4.69, 9.17) is 20.5 Å². The molecule has 3 aliphatic heterocycles. The number of fused-ring (bicyclic) bond motifs is 1. The number of thiophene rings is 1. The summed E-state index contributed by atoms with van der Waals surface area (Å²) in [7, 11) is 4.00. The number of ether oxygens (including phenoxy) is 1. The van der Waals surface area contributed by atoms with Crippen molar-refractivity contribution in [3.05, 3.63) is 40.5 Å². The molecule has 3 unspecified atom stereocenters. The zero-order valence-corrected chi connectivity index (χ0v) is 28.1. The van der Waals surface area contributed by atoms with Crippen molar-refractivity contribution in [2.75, 3.05) is 52.6 Å². The second kappa shape index (κ2) is 13.2. The molecule has 0 aromatic carbocycles. The predicted molar refractivity (Wildman–Crippen MR) is 180 cm³/mol. The Morgan fingerprint density at radius 1 is 1.31 bits per heavy atom. The maximum atomic E-state index is 12.1. The maximum absolute atomic E-state index is 12.1. The lowest BCUT2D eigenvalue weighted by molar-refractivity contribution is -0.127. The number of hydrogen-bond donors (Lipinski definition) is 3. The molecule has 244 valence electrons. The average Bonchev–Trinajstić information content (AvgIpc) is 3.35. The van der Waals surface area contributed by atoms with E-state index in [-0.39, 0.29) is 35.7 Å². The molecule has 1 amide bonds. The number of nitriles is 1. The van der Waals surface area contributed by atoms with Gasteiger partial charge in [-0.05, 0) is 64.9 Å². The molecule has 2 fully saturated rings. The van der Waals surface area contributed by atoms with Crippen LogP contribution in [0.4, 0.5) is 5.00 Å². The first kappa shape index (κ1) is 33.1. The molecular weight excluding hydrogens is 588 g/mol. The van der Waals surface area contributed by atoms with E-state index < -0.39 is 11.1 Å². The number of aliphatic imine (C=N–C) groups is 2. The van der Waals surface area contributed by atoms with E-state index in [1.165, 1.54) is 17.4 Å². The minimum atomic E-state index is -0.665. The van der Waals surface area contributed by atoms with Crippen molar-refractivity contribution in [3.63, 3.8) is 0 Å². The van der Waals surface area contributed by atoms with Crippen molar-refractivity contribution >= 4 is 34.0 Å². The number of nitrogens with zero attached hydrogens (tertiary/aromatic N) is 6. The number of rotatable bonds is 7. The van der Waals surface area contributed by atoms with Crippen molar-refractivity contribution in [1.29, 1.82) is 5.26 Å². The van der Waals surface area contributed by atoms with Gasteiger partial charge in [0.05, 0.1) is 12.0 Å². The van der Waals surface area contributed by atoms with Gasteiger partial charge in [0.2, 0.25) is 5.91 Å². The number of carbonyl (C=O) groups is 1. The van der Waals surface area contributed by atoms with Crippen LogP contribution in [0.15, 0.2) is 34.5 Å². The summed E-state index contributed by atoms with van der Waals surface area (Å²) in [5.41, 5.74) is 6.69. The van der Waals surface area contributed by atoms with Gasteiger partial charge in [0.1, 0.15) is 22.8 Å². The third-order valence-electron chi connectivity index (χ3n) is 10.1. The number of aliphatic hydroxyl groups is 1. The zero-order valence-electron chi connectivity index (χ0n) is 27.3. The van der Waals surface area contributed by atoms with Crippen LogP contribution in [0.25, 0.3) is 0 Å². The van der Waals surface area contributed by atoms with Crippen LogP contribution in [0.5, 0.6) is 0 Å². The Balaban J connectivity index is 1.47. The Kier molecular flexibility index (Phi) is 9.75. The number of likely N-dealkylation sites (tertiary alicyclic amines) is 1. The second-order valence-electron chi connectivity index (χ2n) is 13.3. The highest BCUT2D eigenvalue weighted by molar-refractivity contribution is 7.16. The summed E-state index contributed by atoms with van der Waals surface area (Å²) in [4.78, 5) is 29.7. The molecule has 1 aliphatic carbocycles. The summed E-state index contributed by atoms with van der Waals surface area (Å²) in [6, 6.07) is 2.28. The minimum absolute atomic E-state index is 0.0235. The maximum Gasteiger partial charge on any atom is 0.245 e. The number of likely N-dealkylation sites (N-methyl/N-ethyl adjacent to an activating group) is 2. The molecule has 4 N–H and O–H groups in total. The molecule has 12 heteroatoms. The largest absolute Gasteiger partial charge is 0.504 e. The molecular formula is C33H48N8O3S. The molecule has 0 bridgehead atoms. The van der Waals surface area contributed by atoms with Crippen molar-refractivity contribution in [2.24, 2.45) is 9.98 Å². The van der Waals surface area contributed by atoms with Crippen LogP contribution < -0.4 is 11.1 Å². The Morgan fingerprint density at radius 3 is 2.69 bits per heavy atom. The fourth-order valence-electron chi connectivity index (χ4n) is 7.71. The predicted octanol–water partition coefficient (Wildman–Crippen LogP) is 3.57. The first-order valence-electron chi connectivity index (χ1n) is 16.0. The molecule has 45 heavy (non-hydrogen) atoms. The summed E-state index contributed by atoms with van der Waals surface area (Å²) in [6.45, 7) is 13.9.